The second-order valence-corrected chi connectivity index (χ2v) is 5.18. The van der Waals surface area contributed by atoms with E-state index in [9.17, 15) is 5.11 Å². The molecule has 0 atom stereocenters. The molecule has 1 aromatic carbocycles. The normalized spacial score (nSPS) is 11.3. The first kappa shape index (κ1) is 12.7. The van der Waals surface area contributed by atoms with Crippen LogP contribution in [0.25, 0.3) is 11.2 Å². The van der Waals surface area contributed by atoms with Crippen molar-refractivity contribution in [3.8, 4) is 5.75 Å². The van der Waals surface area contributed by atoms with Crippen molar-refractivity contribution in [2.45, 2.75) is 26.3 Å². The molecule has 0 bridgehead atoms. The lowest BCUT2D eigenvalue weighted by atomic mass is 10.1. The number of rotatable bonds is 3. The molecular weight excluding hydrogens is 250 g/mol. The van der Waals surface area contributed by atoms with Crippen molar-refractivity contribution >= 4 is 11.2 Å². The van der Waals surface area contributed by atoms with Crippen molar-refractivity contribution in [1.82, 2.24) is 14.5 Å². The fourth-order valence-corrected chi connectivity index (χ4v) is 2.49. The highest BCUT2D eigenvalue weighted by molar-refractivity contribution is 5.71. The average Bonchev–Trinajstić information content (AvgIpc) is 2.76. The molecule has 4 nitrogen and oxygen atoms in total. The molecule has 2 heterocycles. The summed E-state index contributed by atoms with van der Waals surface area (Å²) >= 11 is 0. The lowest BCUT2D eigenvalue weighted by Gasteiger charge is -2.12. The Morgan fingerprint density at radius 2 is 2.05 bits per heavy atom. The Morgan fingerprint density at radius 1 is 1.20 bits per heavy atom. The molecule has 0 aliphatic heterocycles. The first-order chi connectivity index (χ1) is 9.65. The fourth-order valence-electron chi connectivity index (χ4n) is 2.49. The smallest absolute Gasteiger partial charge is 0.160 e. The van der Waals surface area contributed by atoms with Crippen LogP contribution in [0.4, 0.5) is 0 Å². The summed E-state index contributed by atoms with van der Waals surface area (Å²) in [5, 5.41) is 9.57. The molecular formula is C16H17N3O. The lowest BCUT2D eigenvalue weighted by Crippen LogP contribution is -2.07. The van der Waals surface area contributed by atoms with Crippen molar-refractivity contribution < 1.29 is 5.11 Å². The van der Waals surface area contributed by atoms with E-state index in [4.69, 9.17) is 0 Å². The van der Waals surface area contributed by atoms with Crippen LogP contribution in [0.15, 0.2) is 42.6 Å². The molecule has 0 fully saturated rings. The van der Waals surface area contributed by atoms with E-state index in [-0.39, 0.29) is 5.75 Å². The minimum atomic E-state index is 0.285. The largest absolute Gasteiger partial charge is 0.508 e. The highest BCUT2D eigenvalue weighted by Gasteiger charge is 2.14. The fraction of sp³-hybridized carbons (Fsp3) is 0.250. The van der Waals surface area contributed by atoms with Crippen LogP contribution in [0.5, 0.6) is 5.75 Å². The minimum Gasteiger partial charge on any atom is -0.508 e. The Hall–Kier alpha value is -2.36. The highest BCUT2D eigenvalue weighted by atomic mass is 16.3. The highest BCUT2D eigenvalue weighted by Crippen LogP contribution is 2.22. The summed E-state index contributed by atoms with van der Waals surface area (Å²) in [7, 11) is 0. The van der Waals surface area contributed by atoms with Crippen LogP contribution >= 0.6 is 0 Å². The maximum Gasteiger partial charge on any atom is 0.160 e. The van der Waals surface area contributed by atoms with Crippen LogP contribution in [0.2, 0.25) is 0 Å². The predicted octanol–water partition coefficient (Wildman–Crippen LogP) is 3.31. The zero-order valence-electron chi connectivity index (χ0n) is 11.6. The van der Waals surface area contributed by atoms with Crippen LogP contribution < -0.4 is 0 Å². The first-order valence-corrected chi connectivity index (χ1v) is 6.75. The summed E-state index contributed by atoms with van der Waals surface area (Å²) in [5.74, 6) is 1.26. The van der Waals surface area contributed by atoms with Gasteiger partial charge in [-0.1, -0.05) is 12.1 Å². The van der Waals surface area contributed by atoms with E-state index in [2.05, 4.69) is 28.4 Å². The van der Waals surface area contributed by atoms with Gasteiger partial charge in [-0.3, -0.25) is 0 Å². The van der Waals surface area contributed by atoms with Crippen LogP contribution in [0, 0.1) is 0 Å². The van der Waals surface area contributed by atoms with Crippen LogP contribution in [0.1, 0.15) is 31.3 Å². The minimum absolute atomic E-state index is 0.285. The van der Waals surface area contributed by atoms with Crippen molar-refractivity contribution in [2.75, 3.05) is 0 Å². The zero-order valence-corrected chi connectivity index (χ0v) is 11.6. The van der Waals surface area contributed by atoms with Gasteiger partial charge in [0.1, 0.15) is 17.1 Å². The number of hydrogen-bond acceptors (Lipinski definition) is 3. The van der Waals surface area contributed by atoms with E-state index in [0.717, 1.165) is 22.6 Å². The Bertz CT molecular complexity index is 746. The van der Waals surface area contributed by atoms with Crippen molar-refractivity contribution in [3.05, 3.63) is 54.0 Å². The van der Waals surface area contributed by atoms with E-state index >= 15 is 0 Å². The average molecular weight is 267 g/mol. The van der Waals surface area contributed by atoms with Crippen LogP contribution in [-0.4, -0.2) is 19.6 Å². The summed E-state index contributed by atoms with van der Waals surface area (Å²) in [6, 6.07) is 11.5. The lowest BCUT2D eigenvalue weighted by molar-refractivity contribution is 0.474. The number of imidazole rings is 1. The molecule has 0 aliphatic carbocycles. The molecule has 0 saturated carbocycles. The maximum atomic E-state index is 9.57. The standard InChI is InChI=1S/C16H17N3O/c1-11(2)19-15(10-12-5-3-6-13(20)9-12)18-14-7-4-8-17-16(14)19/h3-9,11,20H,10H2,1-2H3. The van der Waals surface area contributed by atoms with Gasteiger partial charge < -0.3 is 9.67 Å². The number of phenolic OH excluding ortho intramolecular Hbond substituents is 1. The van der Waals surface area contributed by atoms with Gasteiger partial charge in [-0.15, -0.1) is 0 Å². The van der Waals surface area contributed by atoms with E-state index in [1.807, 2.05) is 24.3 Å². The molecule has 0 amide bonds. The molecule has 4 heteroatoms. The van der Waals surface area contributed by atoms with E-state index in [1.165, 1.54) is 0 Å². The van der Waals surface area contributed by atoms with Gasteiger partial charge >= 0.3 is 0 Å². The number of hydrogen-bond donors (Lipinski definition) is 1. The molecule has 3 aromatic rings. The molecule has 0 radical (unpaired) electrons. The van der Waals surface area contributed by atoms with Crippen LogP contribution in [-0.2, 0) is 6.42 Å². The third-order valence-electron chi connectivity index (χ3n) is 3.31. The van der Waals surface area contributed by atoms with Gasteiger partial charge in [0.05, 0.1) is 0 Å². The van der Waals surface area contributed by atoms with Gasteiger partial charge in [0.25, 0.3) is 0 Å². The SMILES string of the molecule is CC(C)n1c(Cc2cccc(O)c2)nc2cccnc21. The third-order valence-corrected chi connectivity index (χ3v) is 3.31. The number of nitrogens with zero attached hydrogens (tertiary/aromatic N) is 3. The van der Waals surface area contributed by atoms with Gasteiger partial charge in [-0.25, -0.2) is 9.97 Å². The Morgan fingerprint density at radius 3 is 2.80 bits per heavy atom. The van der Waals surface area contributed by atoms with E-state index in [1.54, 1.807) is 18.3 Å². The first-order valence-electron chi connectivity index (χ1n) is 6.75. The Labute approximate surface area is 117 Å². The van der Waals surface area contributed by atoms with Crippen molar-refractivity contribution in [2.24, 2.45) is 0 Å². The van der Waals surface area contributed by atoms with E-state index < -0.39 is 0 Å². The van der Waals surface area contributed by atoms with Crippen LogP contribution in [0.3, 0.4) is 0 Å². The monoisotopic (exact) mass is 267 g/mol. The summed E-state index contributed by atoms with van der Waals surface area (Å²) in [4.78, 5) is 9.11. The molecule has 1 N–H and O–H groups in total. The third kappa shape index (κ3) is 2.25. The number of phenols is 1. The summed E-state index contributed by atoms with van der Waals surface area (Å²) in [5.41, 5.74) is 2.87. The van der Waals surface area contributed by atoms with Gasteiger partial charge in [0.2, 0.25) is 0 Å². The topological polar surface area (TPSA) is 50.9 Å². The quantitative estimate of drug-likeness (QED) is 0.792. The van der Waals surface area contributed by atoms with Crippen molar-refractivity contribution in [1.29, 1.82) is 0 Å². The molecule has 0 saturated heterocycles. The number of aromatic nitrogens is 3. The predicted molar refractivity (Wildman–Crippen MR) is 78.8 cm³/mol. The Balaban J connectivity index is 2.09. The second-order valence-electron chi connectivity index (χ2n) is 5.18. The molecule has 0 spiro atoms. The van der Waals surface area contributed by atoms with E-state index in [0.29, 0.717) is 12.5 Å². The summed E-state index contributed by atoms with van der Waals surface area (Å²) < 4.78 is 2.15. The number of pyridine rings is 1. The maximum absolute atomic E-state index is 9.57. The number of aromatic hydroxyl groups is 1. The van der Waals surface area contributed by atoms with Crippen molar-refractivity contribution in [3.63, 3.8) is 0 Å². The molecule has 0 unspecified atom stereocenters. The molecule has 2 aromatic heterocycles. The molecule has 102 valence electrons. The summed E-state index contributed by atoms with van der Waals surface area (Å²) in [6.45, 7) is 4.25. The second kappa shape index (κ2) is 4.96. The molecule has 20 heavy (non-hydrogen) atoms. The van der Waals surface area contributed by atoms with Gasteiger partial charge in [-0.05, 0) is 43.7 Å². The zero-order chi connectivity index (χ0) is 14.1. The van der Waals surface area contributed by atoms with Gasteiger partial charge in [-0.2, -0.15) is 0 Å². The summed E-state index contributed by atoms with van der Waals surface area (Å²) in [6.07, 6.45) is 2.48. The number of fused-ring (bicyclic) bond motifs is 1. The number of benzene rings is 1. The molecule has 3 rings (SSSR count). The van der Waals surface area contributed by atoms with Gasteiger partial charge in [0, 0.05) is 18.7 Å². The Kier molecular flexibility index (Phi) is 3.14. The van der Waals surface area contributed by atoms with Gasteiger partial charge in [0.15, 0.2) is 5.65 Å². The molecule has 0 aliphatic rings.